The van der Waals surface area contributed by atoms with Crippen LogP contribution >= 0.6 is 0 Å². The number of nitrogens with one attached hydrogen (secondary N) is 2. The van der Waals surface area contributed by atoms with Crippen molar-refractivity contribution in [2.45, 2.75) is 18.9 Å². The summed E-state index contributed by atoms with van der Waals surface area (Å²) in [5.74, 6) is 0.0906. The Morgan fingerprint density at radius 2 is 2.10 bits per heavy atom. The van der Waals surface area contributed by atoms with E-state index in [0.717, 1.165) is 19.4 Å². The van der Waals surface area contributed by atoms with E-state index in [9.17, 15) is 9.59 Å². The molecule has 1 amide bonds. The van der Waals surface area contributed by atoms with Gasteiger partial charge in [0.2, 0.25) is 5.91 Å². The van der Waals surface area contributed by atoms with Gasteiger partial charge >= 0.3 is 5.97 Å². The zero-order valence-corrected chi connectivity index (χ0v) is 11.3. The van der Waals surface area contributed by atoms with Gasteiger partial charge in [-0.3, -0.25) is 4.79 Å². The number of methoxy groups -OCH3 is 1. The zero-order valence-electron chi connectivity index (χ0n) is 11.3. The van der Waals surface area contributed by atoms with Gasteiger partial charge in [-0.05, 0) is 43.7 Å². The Morgan fingerprint density at radius 3 is 2.70 bits per heavy atom. The first-order chi connectivity index (χ1) is 9.69. The summed E-state index contributed by atoms with van der Waals surface area (Å²) < 4.78 is 9.70. The first-order valence-corrected chi connectivity index (χ1v) is 6.53. The van der Waals surface area contributed by atoms with Crippen molar-refractivity contribution in [2.75, 3.05) is 25.6 Å². The lowest BCUT2D eigenvalue weighted by Crippen LogP contribution is -2.35. The number of amides is 1. The smallest absolute Gasteiger partial charge is 0.343 e. The van der Waals surface area contributed by atoms with Crippen molar-refractivity contribution in [1.82, 2.24) is 5.32 Å². The molecule has 2 N–H and O–H groups in total. The SMILES string of the molecule is COC(=O)COc1ccc(NC(=O)C2CCCN2)cc1. The highest BCUT2D eigenvalue weighted by atomic mass is 16.6. The predicted octanol–water partition coefficient (Wildman–Crippen LogP) is 0.929. The molecule has 0 spiro atoms. The molecule has 1 aromatic rings. The van der Waals surface area contributed by atoms with Crippen LogP contribution in [0.3, 0.4) is 0 Å². The van der Waals surface area contributed by atoms with E-state index in [2.05, 4.69) is 15.4 Å². The van der Waals surface area contributed by atoms with Crippen LogP contribution in [-0.2, 0) is 14.3 Å². The van der Waals surface area contributed by atoms with E-state index in [-0.39, 0.29) is 18.6 Å². The van der Waals surface area contributed by atoms with Gasteiger partial charge in [0.25, 0.3) is 0 Å². The van der Waals surface area contributed by atoms with E-state index in [1.54, 1.807) is 24.3 Å². The number of carbonyl (C=O) groups is 2. The lowest BCUT2D eigenvalue weighted by molar-refractivity contribution is -0.142. The van der Waals surface area contributed by atoms with Crippen LogP contribution < -0.4 is 15.4 Å². The van der Waals surface area contributed by atoms with Crippen LogP contribution in [0.25, 0.3) is 0 Å². The molecular weight excluding hydrogens is 260 g/mol. The molecule has 108 valence electrons. The maximum absolute atomic E-state index is 11.9. The standard InChI is InChI=1S/C14H18N2O4/c1-19-13(17)9-20-11-6-4-10(5-7-11)16-14(18)12-3-2-8-15-12/h4-7,12,15H,2-3,8-9H2,1H3,(H,16,18). The molecule has 0 aliphatic carbocycles. The second kappa shape index (κ2) is 6.91. The van der Waals surface area contributed by atoms with Crippen LogP contribution in [0.4, 0.5) is 5.69 Å². The molecule has 0 saturated carbocycles. The summed E-state index contributed by atoms with van der Waals surface area (Å²) in [6, 6.07) is 6.76. The van der Waals surface area contributed by atoms with Crippen LogP contribution in [-0.4, -0.2) is 38.2 Å². The molecule has 1 aromatic carbocycles. The molecule has 2 rings (SSSR count). The minimum Gasteiger partial charge on any atom is -0.482 e. The summed E-state index contributed by atoms with van der Waals surface area (Å²) >= 11 is 0. The van der Waals surface area contributed by atoms with Crippen LogP contribution in [0.5, 0.6) is 5.75 Å². The van der Waals surface area contributed by atoms with Gasteiger partial charge in [0.05, 0.1) is 13.2 Å². The van der Waals surface area contributed by atoms with Crippen molar-refractivity contribution < 1.29 is 19.1 Å². The lowest BCUT2D eigenvalue weighted by Gasteiger charge is -2.11. The molecule has 1 aliphatic rings. The van der Waals surface area contributed by atoms with E-state index < -0.39 is 5.97 Å². The summed E-state index contributed by atoms with van der Waals surface area (Å²) in [6.45, 7) is 0.757. The summed E-state index contributed by atoms with van der Waals surface area (Å²) in [6.07, 6.45) is 1.89. The minimum absolute atomic E-state index is 0.0225. The third-order valence-electron chi connectivity index (χ3n) is 3.08. The highest BCUT2D eigenvalue weighted by Crippen LogP contribution is 2.16. The minimum atomic E-state index is -0.435. The largest absolute Gasteiger partial charge is 0.482 e. The molecule has 0 radical (unpaired) electrons. The molecule has 1 unspecified atom stereocenters. The number of benzene rings is 1. The van der Waals surface area contributed by atoms with Crippen molar-refractivity contribution in [1.29, 1.82) is 0 Å². The fourth-order valence-corrected chi connectivity index (χ4v) is 1.97. The molecule has 1 aliphatic heterocycles. The van der Waals surface area contributed by atoms with Gasteiger partial charge < -0.3 is 20.1 Å². The maximum Gasteiger partial charge on any atom is 0.343 e. The van der Waals surface area contributed by atoms with Crippen molar-refractivity contribution >= 4 is 17.6 Å². The first kappa shape index (κ1) is 14.3. The Morgan fingerprint density at radius 1 is 1.35 bits per heavy atom. The Bertz CT molecular complexity index is 467. The zero-order chi connectivity index (χ0) is 14.4. The first-order valence-electron chi connectivity index (χ1n) is 6.53. The monoisotopic (exact) mass is 278 g/mol. The van der Waals surface area contributed by atoms with Gasteiger partial charge in [0, 0.05) is 5.69 Å². The third-order valence-corrected chi connectivity index (χ3v) is 3.08. The molecular formula is C14H18N2O4. The number of esters is 1. The number of carbonyl (C=O) groups excluding carboxylic acids is 2. The summed E-state index contributed by atoms with van der Waals surface area (Å²) in [5.41, 5.74) is 0.703. The third kappa shape index (κ3) is 3.96. The summed E-state index contributed by atoms with van der Waals surface area (Å²) in [7, 11) is 1.31. The Hall–Kier alpha value is -2.08. The molecule has 1 saturated heterocycles. The van der Waals surface area contributed by atoms with Crippen molar-refractivity contribution in [2.24, 2.45) is 0 Å². The van der Waals surface area contributed by atoms with E-state index in [4.69, 9.17) is 4.74 Å². The molecule has 1 heterocycles. The Balaban J connectivity index is 1.84. The highest BCUT2D eigenvalue weighted by Gasteiger charge is 2.21. The normalized spacial score (nSPS) is 17.6. The lowest BCUT2D eigenvalue weighted by atomic mass is 10.2. The molecule has 0 aromatic heterocycles. The van der Waals surface area contributed by atoms with Crippen LogP contribution in [0, 0.1) is 0 Å². The quantitative estimate of drug-likeness (QED) is 0.784. The number of hydrogen-bond donors (Lipinski definition) is 2. The Labute approximate surface area is 117 Å². The van der Waals surface area contributed by atoms with Crippen LogP contribution in [0.1, 0.15) is 12.8 Å². The fourth-order valence-electron chi connectivity index (χ4n) is 1.97. The fraction of sp³-hybridized carbons (Fsp3) is 0.429. The number of anilines is 1. The molecule has 0 bridgehead atoms. The highest BCUT2D eigenvalue weighted by molar-refractivity contribution is 5.95. The van der Waals surface area contributed by atoms with E-state index in [1.807, 2.05) is 0 Å². The molecule has 1 fully saturated rings. The van der Waals surface area contributed by atoms with Crippen molar-refractivity contribution in [3.8, 4) is 5.75 Å². The van der Waals surface area contributed by atoms with Gasteiger partial charge in [0.15, 0.2) is 6.61 Å². The average Bonchev–Trinajstić information content (AvgIpc) is 3.00. The molecule has 1 atom stereocenters. The predicted molar refractivity (Wildman–Crippen MR) is 73.6 cm³/mol. The van der Waals surface area contributed by atoms with Crippen molar-refractivity contribution in [3.63, 3.8) is 0 Å². The second-order valence-electron chi connectivity index (χ2n) is 4.53. The Kier molecular flexibility index (Phi) is 4.95. The van der Waals surface area contributed by atoms with Gasteiger partial charge in [-0.1, -0.05) is 0 Å². The van der Waals surface area contributed by atoms with E-state index >= 15 is 0 Å². The van der Waals surface area contributed by atoms with Gasteiger partial charge in [-0.25, -0.2) is 4.79 Å². The van der Waals surface area contributed by atoms with Gasteiger partial charge in [-0.2, -0.15) is 0 Å². The molecule has 6 nitrogen and oxygen atoms in total. The number of rotatable bonds is 5. The summed E-state index contributed by atoms with van der Waals surface area (Å²) in [4.78, 5) is 22.8. The van der Waals surface area contributed by atoms with E-state index in [0.29, 0.717) is 11.4 Å². The molecule has 20 heavy (non-hydrogen) atoms. The van der Waals surface area contributed by atoms with Crippen LogP contribution in [0.15, 0.2) is 24.3 Å². The topological polar surface area (TPSA) is 76.7 Å². The molecule has 6 heteroatoms. The van der Waals surface area contributed by atoms with Gasteiger partial charge in [0.1, 0.15) is 5.75 Å². The second-order valence-corrected chi connectivity index (χ2v) is 4.53. The van der Waals surface area contributed by atoms with Crippen LogP contribution in [0.2, 0.25) is 0 Å². The number of ether oxygens (including phenoxy) is 2. The number of hydrogen-bond acceptors (Lipinski definition) is 5. The summed E-state index contributed by atoms with van der Waals surface area (Å²) in [5, 5.41) is 5.98. The van der Waals surface area contributed by atoms with E-state index in [1.165, 1.54) is 7.11 Å². The van der Waals surface area contributed by atoms with Gasteiger partial charge in [-0.15, -0.1) is 0 Å². The maximum atomic E-state index is 11.9. The average molecular weight is 278 g/mol. The van der Waals surface area contributed by atoms with Crippen molar-refractivity contribution in [3.05, 3.63) is 24.3 Å².